The number of allylic oxidation sites excluding steroid dienone is 1. The number of hydrogen-bond acceptors (Lipinski definition) is 4. The topological polar surface area (TPSA) is 70.0 Å². The van der Waals surface area contributed by atoms with E-state index in [1.54, 1.807) is 6.07 Å². The van der Waals surface area contributed by atoms with Crippen LogP contribution in [0.4, 0.5) is 8.78 Å². The van der Waals surface area contributed by atoms with Gasteiger partial charge >= 0.3 is 0 Å². The van der Waals surface area contributed by atoms with Gasteiger partial charge in [0.2, 0.25) is 5.89 Å². The first kappa shape index (κ1) is 11.8. The molecular weight excluding hydrogens is 242 g/mol. The van der Waals surface area contributed by atoms with E-state index in [9.17, 15) is 8.78 Å². The number of rotatable bonds is 2. The predicted molar refractivity (Wildman–Crippen MR) is 58.1 cm³/mol. The Labute approximate surface area is 100 Å². The fourth-order valence-electron chi connectivity index (χ4n) is 1.37. The summed E-state index contributed by atoms with van der Waals surface area (Å²) in [5.41, 5.74) is -0.585. The first-order chi connectivity index (χ1) is 8.67. The van der Waals surface area contributed by atoms with E-state index >= 15 is 0 Å². The SMILES string of the molecule is N#CC(=CO)c1coc(-c2c(F)cccc2F)n1. The number of aromatic nitrogens is 1. The smallest absolute Gasteiger partial charge is 0.232 e. The van der Waals surface area contributed by atoms with Crippen molar-refractivity contribution in [1.29, 1.82) is 5.26 Å². The molecule has 4 nitrogen and oxygen atoms in total. The normalized spacial score (nSPS) is 11.3. The Morgan fingerprint density at radius 3 is 2.61 bits per heavy atom. The predicted octanol–water partition coefficient (Wildman–Crippen LogP) is 3.04. The van der Waals surface area contributed by atoms with Crippen molar-refractivity contribution in [3.05, 3.63) is 48.1 Å². The summed E-state index contributed by atoms with van der Waals surface area (Å²) in [6.07, 6.45) is 1.58. The van der Waals surface area contributed by atoms with Crippen LogP contribution >= 0.6 is 0 Å². The number of halogens is 2. The van der Waals surface area contributed by atoms with Crippen molar-refractivity contribution in [2.75, 3.05) is 0 Å². The minimum atomic E-state index is -0.824. The van der Waals surface area contributed by atoms with Gasteiger partial charge in [-0.05, 0) is 12.1 Å². The average Bonchev–Trinajstić information content (AvgIpc) is 2.80. The second kappa shape index (κ2) is 4.67. The summed E-state index contributed by atoms with van der Waals surface area (Å²) >= 11 is 0. The molecule has 6 heteroatoms. The number of hydrogen-bond donors (Lipinski definition) is 1. The maximum Gasteiger partial charge on any atom is 0.232 e. The summed E-state index contributed by atoms with van der Waals surface area (Å²) in [4.78, 5) is 3.75. The van der Waals surface area contributed by atoms with Gasteiger partial charge in [-0.1, -0.05) is 6.07 Å². The molecule has 0 saturated carbocycles. The third-order valence-electron chi connectivity index (χ3n) is 2.21. The van der Waals surface area contributed by atoms with Crippen LogP contribution in [0.1, 0.15) is 5.69 Å². The van der Waals surface area contributed by atoms with Crippen LogP contribution in [0.15, 0.2) is 35.1 Å². The highest BCUT2D eigenvalue weighted by Crippen LogP contribution is 2.26. The van der Waals surface area contributed by atoms with E-state index in [1.807, 2.05) is 0 Å². The third-order valence-corrected chi connectivity index (χ3v) is 2.21. The van der Waals surface area contributed by atoms with Gasteiger partial charge in [0.25, 0.3) is 0 Å². The number of aliphatic hydroxyl groups excluding tert-OH is 1. The van der Waals surface area contributed by atoms with Gasteiger partial charge in [0, 0.05) is 0 Å². The molecular formula is C12H6F2N2O2. The largest absolute Gasteiger partial charge is 0.514 e. The summed E-state index contributed by atoms with van der Waals surface area (Å²) < 4.78 is 31.8. The minimum absolute atomic E-state index is 0.00217. The molecule has 1 heterocycles. The number of oxazole rings is 1. The number of nitriles is 1. The molecule has 0 aliphatic carbocycles. The van der Waals surface area contributed by atoms with Gasteiger partial charge in [-0.25, -0.2) is 13.8 Å². The molecule has 0 aliphatic rings. The van der Waals surface area contributed by atoms with Crippen molar-refractivity contribution in [3.8, 4) is 17.5 Å². The molecule has 0 atom stereocenters. The monoisotopic (exact) mass is 248 g/mol. The molecule has 0 unspecified atom stereocenters. The zero-order chi connectivity index (χ0) is 13.1. The molecule has 0 saturated heterocycles. The molecule has 1 aromatic carbocycles. The van der Waals surface area contributed by atoms with Gasteiger partial charge in [-0.15, -0.1) is 0 Å². The second-order valence-corrected chi connectivity index (χ2v) is 3.29. The van der Waals surface area contributed by atoms with Gasteiger partial charge in [0.05, 0.1) is 6.26 Å². The Morgan fingerprint density at radius 1 is 1.39 bits per heavy atom. The highest BCUT2D eigenvalue weighted by atomic mass is 19.1. The molecule has 2 aromatic rings. The number of benzene rings is 1. The van der Waals surface area contributed by atoms with E-state index < -0.39 is 17.2 Å². The summed E-state index contributed by atoms with van der Waals surface area (Å²) in [6, 6.07) is 5.01. The van der Waals surface area contributed by atoms with Crippen molar-refractivity contribution in [2.45, 2.75) is 0 Å². The Bertz CT molecular complexity index is 636. The summed E-state index contributed by atoms with van der Waals surface area (Å²) in [5, 5.41) is 17.4. The second-order valence-electron chi connectivity index (χ2n) is 3.29. The van der Waals surface area contributed by atoms with Crippen LogP contribution in [-0.4, -0.2) is 10.1 Å². The van der Waals surface area contributed by atoms with Gasteiger partial charge in [0.15, 0.2) is 0 Å². The fraction of sp³-hybridized carbons (Fsp3) is 0. The Hall–Kier alpha value is -2.68. The standard InChI is InChI=1S/C12H6F2N2O2/c13-8-2-1-3-9(14)11(8)12-16-10(6-18-12)7(4-15)5-17/h1-3,5-6,17H. The minimum Gasteiger partial charge on any atom is -0.514 e. The molecule has 90 valence electrons. The average molecular weight is 248 g/mol. The van der Waals surface area contributed by atoms with E-state index in [0.29, 0.717) is 6.26 Å². The highest BCUT2D eigenvalue weighted by molar-refractivity contribution is 5.74. The molecule has 1 N–H and O–H groups in total. The molecule has 2 rings (SSSR count). The van der Waals surface area contributed by atoms with Crippen LogP contribution in [0.2, 0.25) is 0 Å². The van der Waals surface area contributed by atoms with Crippen LogP contribution in [0.5, 0.6) is 0 Å². The zero-order valence-corrected chi connectivity index (χ0v) is 8.89. The maximum atomic E-state index is 13.4. The molecule has 0 spiro atoms. The molecule has 0 radical (unpaired) electrons. The lowest BCUT2D eigenvalue weighted by Gasteiger charge is -1.98. The van der Waals surface area contributed by atoms with Crippen LogP contribution in [-0.2, 0) is 0 Å². The molecule has 0 fully saturated rings. The van der Waals surface area contributed by atoms with E-state index in [2.05, 4.69) is 4.98 Å². The van der Waals surface area contributed by atoms with Gasteiger partial charge in [0.1, 0.15) is 40.8 Å². The Morgan fingerprint density at radius 2 is 2.06 bits per heavy atom. The van der Waals surface area contributed by atoms with Crippen molar-refractivity contribution in [2.24, 2.45) is 0 Å². The first-order valence-electron chi connectivity index (χ1n) is 4.82. The lowest BCUT2D eigenvalue weighted by Crippen LogP contribution is -1.90. The van der Waals surface area contributed by atoms with E-state index in [0.717, 1.165) is 18.4 Å². The van der Waals surface area contributed by atoms with Gasteiger partial charge < -0.3 is 9.52 Å². The lowest BCUT2D eigenvalue weighted by atomic mass is 10.2. The summed E-state index contributed by atoms with van der Waals surface area (Å²) in [7, 11) is 0. The molecule has 0 bridgehead atoms. The van der Waals surface area contributed by atoms with Gasteiger partial charge in [-0.3, -0.25) is 0 Å². The molecule has 18 heavy (non-hydrogen) atoms. The quantitative estimate of drug-likeness (QED) is 0.655. The third kappa shape index (κ3) is 1.94. The van der Waals surface area contributed by atoms with Crippen LogP contribution in [0.25, 0.3) is 17.0 Å². The van der Waals surface area contributed by atoms with Crippen molar-refractivity contribution >= 4 is 5.57 Å². The highest BCUT2D eigenvalue weighted by Gasteiger charge is 2.17. The molecule has 0 aliphatic heterocycles. The van der Waals surface area contributed by atoms with Crippen molar-refractivity contribution in [1.82, 2.24) is 4.98 Å². The zero-order valence-electron chi connectivity index (χ0n) is 8.89. The number of nitrogens with zero attached hydrogens (tertiary/aromatic N) is 2. The fourth-order valence-corrected chi connectivity index (χ4v) is 1.37. The van der Waals surface area contributed by atoms with Crippen LogP contribution in [0, 0.1) is 23.0 Å². The summed E-state index contributed by atoms with van der Waals surface area (Å²) in [5.74, 6) is -1.94. The van der Waals surface area contributed by atoms with E-state index in [4.69, 9.17) is 14.8 Å². The maximum absolute atomic E-state index is 13.4. The number of aliphatic hydroxyl groups is 1. The van der Waals surface area contributed by atoms with Crippen molar-refractivity contribution < 1.29 is 18.3 Å². The van der Waals surface area contributed by atoms with Crippen LogP contribution in [0.3, 0.4) is 0 Å². The van der Waals surface area contributed by atoms with Gasteiger partial charge in [-0.2, -0.15) is 5.26 Å². The molecule has 0 amide bonds. The Balaban J connectivity index is 2.52. The van der Waals surface area contributed by atoms with Crippen LogP contribution < -0.4 is 0 Å². The van der Waals surface area contributed by atoms with Crippen molar-refractivity contribution in [3.63, 3.8) is 0 Å². The van der Waals surface area contributed by atoms with E-state index in [-0.39, 0.29) is 17.2 Å². The van der Waals surface area contributed by atoms with E-state index in [1.165, 1.54) is 6.07 Å². The molecule has 1 aromatic heterocycles. The summed E-state index contributed by atoms with van der Waals surface area (Å²) in [6.45, 7) is 0. The Kier molecular flexibility index (Phi) is 3.06. The lowest BCUT2D eigenvalue weighted by molar-refractivity contribution is 0.476. The first-order valence-corrected chi connectivity index (χ1v) is 4.82.